The molecule has 2 N–H and O–H groups in total. The maximum Gasteiger partial charge on any atom is 0.125 e. The van der Waals surface area contributed by atoms with Crippen molar-refractivity contribution in [1.82, 2.24) is 0 Å². The molecule has 1 unspecified atom stereocenters. The summed E-state index contributed by atoms with van der Waals surface area (Å²) in [6, 6.07) is 9.84. The Balaban J connectivity index is 2.31. The molecule has 2 rings (SSSR count). The van der Waals surface area contributed by atoms with Crippen LogP contribution in [0.4, 0.5) is 5.69 Å². The molecular formula is C16H22N2O2. The molecule has 20 heavy (non-hydrogen) atoms. The molecule has 0 aliphatic rings. The normalized spacial score (nSPS) is 12.2. The Hall–Kier alpha value is -1.94. The quantitative estimate of drug-likeness (QED) is 0.909. The number of aryl methyl sites for hydroxylation is 1. The van der Waals surface area contributed by atoms with Crippen molar-refractivity contribution in [2.24, 2.45) is 5.73 Å². The number of benzene rings is 1. The molecule has 1 aromatic heterocycles. The molecular weight excluding hydrogens is 252 g/mol. The lowest BCUT2D eigenvalue weighted by atomic mass is 10.0. The molecule has 0 amide bonds. The highest BCUT2D eigenvalue weighted by Gasteiger charge is 2.16. The summed E-state index contributed by atoms with van der Waals surface area (Å²) in [7, 11) is 3.69. The zero-order valence-corrected chi connectivity index (χ0v) is 12.5. The largest absolute Gasteiger partial charge is 0.496 e. The maximum atomic E-state index is 6.10. The summed E-state index contributed by atoms with van der Waals surface area (Å²) in [5.74, 6) is 2.68. The van der Waals surface area contributed by atoms with Gasteiger partial charge in [0.2, 0.25) is 0 Å². The maximum absolute atomic E-state index is 6.10. The second-order valence-corrected chi connectivity index (χ2v) is 5.05. The minimum Gasteiger partial charge on any atom is -0.496 e. The Morgan fingerprint density at radius 2 is 2.05 bits per heavy atom. The van der Waals surface area contributed by atoms with Crippen LogP contribution >= 0.6 is 0 Å². The van der Waals surface area contributed by atoms with Crippen molar-refractivity contribution >= 4 is 5.69 Å². The smallest absolute Gasteiger partial charge is 0.125 e. The van der Waals surface area contributed by atoms with E-state index in [4.69, 9.17) is 14.9 Å². The summed E-state index contributed by atoms with van der Waals surface area (Å²) < 4.78 is 11.1. The van der Waals surface area contributed by atoms with Crippen LogP contribution in [0.25, 0.3) is 0 Å². The highest BCUT2D eigenvalue weighted by atomic mass is 16.5. The van der Waals surface area contributed by atoms with Crippen LogP contribution in [0.3, 0.4) is 0 Å². The van der Waals surface area contributed by atoms with E-state index in [0.29, 0.717) is 6.54 Å². The number of nitrogens with zero attached hydrogens (tertiary/aromatic N) is 1. The van der Waals surface area contributed by atoms with Crippen LogP contribution < -0.4 is 15.4 Å². The molecule has 4 nitrogen and oxygen atoms in total. The molecule has 1 aromatic carbocycles. The van der Waals surface area contributed by atoms with Gasteiger partial charge in [-0.05, 0) is 38.1 Å². The summed E-state index contributed by atoms with van der Waals surface area (Å²) in [4.78, 5) is 2.12. The van der Waals surface area contributed by atoms with Crippen LogP contribution in [-0.4, -0.2) is 14.2 Å². The molecule has 0 aliphatic carbocycles. The number of hydrogen-bond acceptors (Lipinski definition) is 4. The molecule has 0 bridgehead atoms. The van der Waals surface area contributed by atoms with Crippen molar-refractivity contribution in [2.75, 3.05) is 19.1 Å². The third-order valence-corrected chi connectivity index (χ3v) is 3.32. The molecule has 2 aromatic rings. The number of methoxy groups -OCH3 is 1. The highest BCUT2D eigenvalue weighted by Crippen LogP contribution is 2.33. The van der Waals surface area contributed by atoms with Gasteiger partial charge in [0, 0.05) is 24.3 Å². The van der Waals surface area contributed by atoms with Gasteiger partial charge in [-0.2, -0.15) is 0 Å². The zero-order valence-electron chi connectivity index (χ0n) is 12.5. The molecule has 0 radical (unpaired) electrons. The lowest BCUT2D eigenvalue weighted by molar-refractivity contribution is 0.406. The van der Waals surface area contributed by atoms with Crippen LogP contribution in [-0.2, 0) is 6.54 Å². The van der Waals surface area contributed by atoms with Gasteiger partial charge < -0.3 is 19.8 Å². The SMILES string of the molecule is COc1cccc(N(C)Cc2ccc(C)o2)c1C(C)N. The van der Waals surface area contributed by atoms with Gasteiger partial charge in [-0.1, -0.05) is 6.07 Å². The Morgan fingerprint density at radius 1 is 1.30 bits per heavy atom. The highest BCUT2D eigenvalue weighted by molar-refractivity contribution is 5.60. The monoisotopic (exact) mass is 274 g/mol. The van der Waals surface area contributed by atoms with Crippen LogP contribution in [0.5, 0.6) is 5.75 Å². The van der Waals surface area contributed by atoms with Gasteiger partial charge in [-0.3, -0.25) is 0 Å². The number of nitrogens with two attached hydrogens (primary N) is 1. The fourth-order valence-corrected chi connectivity index (χ4v) is 2.39. The predicted molar refractivity (Wildman–Crippen MR) is 81.1 cm³/mol. The van der Waals surface area contributed by atoms with Gasteiger partial charge in [0.05, 0.1) is 13.7 Å². The van der Waals surface area contributed by atoms with Crippen molar-refractivity contribution in [2.45, 2.75) is 26.4 Å². The number of anilines is 1. The average molecular weight is 274 g/mol. The van der Waals surface area contributed by atoms with Gasteiger partial charge >= 0.3 is 0 Å². The lowest BCUT2D eigenvalue weighted by Crippen LogP contribution is -2.20. The van der Waals surface area contributed by atoms with Crippen LogP contribution in [0.2, 0.25) is 0 Å². The number of rotatable bonds is 5. The van der Waals surface area contributed by atoms with E-state index in [1.54, 1.807) is 7.11 Å². The van der Waals surface area contributed by atoms with E-state index in [1.807, 2.05) is 45.2 Å². The van der Waals surface area contributed by atoms with Gasteiger partial charge in [0.25, 0.3) is 0 Å². The van der Waals surface area contributed by atoms with E-state index >= 15 is 0 Å². The molecule has 0 aliphatic heterocycles. The second kappa shape index (κ2) is 6.01. The molecule has 0 spiro atoms. The molecule has 0 saturated carbocycles. The first-order chi connectivity index (χ1) is 9.52. The van der Waals surface area contributed by atoms with Gasteiger partial charge in [0.15, 0.2) is 0 Å². The molecule has 0 saturated heterocycles. The number of ether oxygens (including phenoxy) is 1. The van der Waals surface area contributed by atoms with Gasteiger partial charge in [-0.25, -0.2) is 0 Å². The lowest BCUT2D eigenvalue weighted by Gasteiger charge is -2.24. The van der Waals surface area contributed by atoms with Crippen molar-refractivity contribution in [3.05, 3.63) is 47.4 Å². The second-order valence-electron chi connectivity index (χ2n) is 5.05. The van der Waals surface area contributed by atoms with Gasteiger partial charge in [0.1, 0.15) is 17.3 Å². The molecule has 1 heterocycles. The molecule has 0 fully saturated rings. The van der Waals surface area contributed by atoms with E-state index in [9.17, 15) is 0 Å². The minimum atomic E-state index is -0.0954. The summed E-state index contributed by atoms with van der Waals surface area (Å²) in [5, 5.41) is 0. The van der Waals surface area contributed by atoms with E-state index in [-0.39, 0.29) is 6.04 Å². The van der Waals surface area contributed by atoms with E-state index in [0.717, 1.165) is 28.5 Å². The van der Waals surface area contributed by atoms with Crippen molar-refractivity contribution < 1.29 is 9.15 Å². The number of furan rings is 1. The first kappa shape index (κ1) is 14.5. The molecule has 108 valence electrons. The van der Waals surface area contributed by atoms with Crippen LogP contribution in [0.15, 0.2) is 34.7 Å². The van der Waals surface area contributed by atoms with Crippen molar-refractivity contribution in [1.29, 1.82) is 0 Å². The van der Waals surface area contributed by atoms with Crippen LogP contribution in [0, 0.1) is 6.92 Å². The van der Waals surface area contributed by atoms with E-state index in [1.165, 1.54) is 0 Å². The molecule has 4 heteroatoms. The van der Waals surface area contributed by atoms with Crippen LogP contribution in [0.1, 0.15) is 30.0 Å². The number of hydrogen-bond donors (Lipinski definition) is 1. The fourth-order valence-electron chi connectivity index (χ4n) is 2.39. The zero-order chi connectivity index (χ0) is 14.7. The standard InChI is InChI=1S/C16H22N2O2/c1-11-8-9-13(20-11)10-18(3)14-6-5-7-15(19-4)16(14)12(2)17/h5-9,12H,10,17H2,1-4H3. The van der Waals surface area contributed by atoms with Crippen molar-refractivity contribution in [3.63, 3.8) is 0 Å². The van der Waals surface area contributed by atoms with E-state index in [2.05, 4.69) is 11.0 Å². The Kier molecular flexibility index (Phi) is 4.35. The van der Waals surface area contributed by atoms with Gasteiger partial charge in [-0.15, -0.1) is 0 Å². The molecule has 1 atom stereocenters. The Morgan fingerprint density at radius 3 is 2.60 bits per heavy atom. The summed E-state index contributed by atoms with van der Waals surface area (Å²) in [6.45, 7) is 4.61. The Labute approximate surface area is 120 Å². The summed E-state index contributed by atoms with van der Waals surface area (Å²) in [6.07, 6.45) is 0. The first-order valence-electron chi connectivity index (χ1n) is 6.72. The first-order valence-corrected chi connectivity index (χ1v) is 6.72. The third-order valence-electron chi connectivity index (χ3n) is 3.32. The Bertz CT molecular complexity index is 576. The summed E-state index contributed by atoms with van der Waals surface area (Å²) in [5.41, 5.74) is 8.17. The topological polar surface area (TPSA) is 51.6 Å². The average Bonchev–Trinajstić information content (AvgIpc) is 2.82. The van der Waals surface area contributed by atoms with Crippen molar-refractivity contribution in [3.8, 4) is 5.75 Å². The fraction of sp³-hybridized carbons (Fsp3) is 0.375. The minimum absolute atomic E-state index is 0.0954. The third kappa shape index (κ3) is 2.96. The predicted octanol–water partition coefficient (Wildman–Crippen LogP) is 3.25. The van der Waals surface area contributed by atoms with E-state index < -0.39 is 0 Å². The summed E-state index contributed by atoms with van der Waals surface area (Å²) >= 11 is 0.